The zero-order valence-electron chi connectivity index (χ0n) is 13.6. The quantitative estimate of drug-likeness (QED) is 0.575. The fraction of sp³-hybridized carbons (Fsp3) is 0.438. The van der Waals surface area contributed by atoms with Crippen molar-refractivity contribution in [1.82, 2.24) is 20.1 Å². The second-order valence-corrected chi connectivity index (χ2v) is 8.18. The van der Waals surface area contributed by atoms with Crippen LogP contribution in [0.3, 0.4) is 0 Å². The lowest BCUT2D eigenvalue weighted by atomic mass is 9.89. The van der Waals surface area contributed by atoms with Gasteiger partial charge in [0.15, 0.2) is 5.16 Å². The van der Waals surface area contributed by atoms with E-state index in [-0.39, 0.29) is 11.8 Å². The Morgan fingerprint density at radius 1 is 1.48 bits per heavy atom. The molecule has 1 atom stereocenters. The van der Waals surface area contributed by atoms with Crippen LogP contribution in [-0.4, -0.2) is 42.6 Å². The van der Waals surface area contributed by atoms with E-state index < -0.39 is 10.5 Å². The number of aromatic nitrogens is 3. The van der Waals surface area contributed by atoms with Gasteiger partial charge in [-0.25, -0.2) is 9.67 Å². The maximum absolute atomic E-state index is 11.6. The van der Waals surface area contributed by atoms with Crippen molar-refractivity contribution in [1.29, 1.82) is 0 Å². The van der Waals surface area contributed by atoms with E-state index >= 15 is 0 Å². The molecule has 1 unspecified atom stereocenters. The van der Waals surface area contributed by atoms with E-state index in [0.717, 1.165) is 17.3 Å². The maximum atomic E-state index is 11.6. The molecule has 3 rings (SSSR count). The summed E-state index contributed by atoms with van der Waals surface area (Å²) in [6.45, 7) is 0.126. The summed E-state index contributed by atoms with van der Waals surface area (Å²) in [5.74, 6) is 0. The molecule has 0 saturated heterocycles. The van der Waals surface area contributed by atoms with Crippen LogP contribution in [0.5, 0.6) is 0 Å². The SMILES string of the molecule is CNC(=O)Sc1ncnn1CC(O)(Cc1ccccc1Cl)C1(Cl)CC1. The lowest BCUT2D eigenvalue weighted by Crippen LogP contribution is -2.47. The Morgan fingerprint density at radius 3 is 2.84 bits per heavy atom. The first kappa shape index (κ1) is 18.5. The summed E-state index contributed by atoms with van der Waals surface area (Å²) in [6.07, 6.45) is 3.07. The molecule has 0 radical (unpaired) electrons. The van der Waals surface area contributed by atoms with Crippen molar-refractivity contribution >= 4 is 40.2 Å². The number of thioether (sulfide) groups is 1. The number of carbonyl (C=O) groups is 1. The molecule has 2 aromatic rings. The summed E-state index contributed by atoms with van der Waals surface area (Å²) in [5.41, 5.74) is -0.440. The predicted octanol–water partition coefficient (Wildman–Crippen LogP) is 3.11. The van der Waals surface area contributed by atoms with Gasteiger partial charge >= 0.3 is 0 Å². The molecular weight excluding hydrogens is 383 g/mol. The molecule has 0 spiro atoms. The van der Waals surface area contributed by atoms with Gasteiger partial charge in [0.2, 0.25) is 0 Å². The fourth-order valence-electron chi connectivity index (χ4n) is 2.71. The van der Waals surface area contributed by atoms with Crippen LogP contribution in [0.25, 0.3) is 0 Å². The van der Waals surface area contributed by atoms with Gasteiger partial charge in [0.05, 0.1) is 11.4 Å². The number of amides is 1. The zero-order chi connectivity index (χ0) is 18.1. The Bertz CT molecular complexity index is 781. The van der Waals surface area contributed by atoms with E-state index in [1.807, 2.05) is 18.2 Å². The molecule has 1 aliphatic carbocycles. The number of halogens is 2. The summed E-state index contributed by atoms with van der Waals surface area (Å²) in [7, 11) is 1.54. The van der Waals surface area contributed by atoms with E-state index in [1.165, 1.54) is 11.0 Å². The van der Waals surface area contributed by atoms with Crippen molar-refractivity contribution in [3.8, 4) is 0 Å². The predicted molar refractivity (Wildman–Crippen MR) is 98.3 cm³/mol. The van der Waals surface area contributed by atoms with Gasteiger partial charge in [-0.3, -0.25) is 4.79 Å². The molecule has 1 aromatic carbocycles. The highest BCUT2D eigenvalue weighted by atomic mass is 35.5. The van der Waals surface area contributed by atoms with Gasteiger partial charge in [0, 0.05) is 30.3 Å². The monoisotopic (exact) mass is 400 g/mol. The van der Waals surface area contributed by atoms with Crippen molar-refractivity contribution in [2.45, 2.75) is 41.4 Å². The minimum Gasteiger partial charge on any atom is -0.386 e. The minimum absolute atomic E-state index is 0.126. The molecule has 25 heavy (non-hydrogen) atoms. The summed E-state index contributed by atoms with van der Waals surface area (Å²) >= 11 is 13.8. The van der Waals surface area contributed by atoms with Crippen LogP contribution in [0.15, 0.2) is 35.7 Å². The molecule has 0 bridgehead atoms. The first-order valence-corrected chi connectivity index (χ1v) is 9.36. The number of rotatable bonds is 6. The lowest BCUT2D eigenvalue weighted by molar-refractivity contribution is 0.00526. The third kappa shape index (κ3) is 3.95. The highest BCUT2D eigenvalue weighted by Gasteiger charge is 2.58. The minimum atomic E-state index is -1.26. The topological polar surface area (TPSA) is 80.0 Å². The first-order chi connectivity index (χ1) is 11.9. The Morgan fingerprint density at radius 2 is 2.20 bits per heavy atom. The summed E-state index contributed by atoms with van der Waals surface area (Å²) in [4.78, 5) is 15.0. The smallest absolute Gasteiger partial charge is 0.286 e. The number of hydrogen-bond acceptors (Lipinski definition) is 5. The zero-order valence-corrected chi connectivity index (χ0v) is 15.9. The molecule has 1 amide bonds. The number of nitrogens with zero attached hydrogens (tertiary/aromatic N) is 3. The van der Waals surface area contributed by atoms with E-state index in [4.69, 9.17) is 23.2 Å². The molecule has 1 aromatic heterocycles. The van der Waals surface area contributed by atoms with Crippen molar-refractivity contribution in [2.24, 2.45) is 0 Å². The summed E-state index contributed by atoms with van der Waals surface area (Å²) < 4.78 is 1.51. The van der Waals surface area contributed by atoms with Gasteiger partial charge in [-0.2, -0.15) is 5.10 Å². The van der Waals surface area contributed by atoms with E-state index in [9.17, 15) is 9.90 Å². The average molecular weight is 401 g/mol. The molecule has 1 heterocycles. The summed E-state index contributed by atoms with van der Waals surface area (Å²) in [6, 6.07) is 7.37. The van der Waals surface area contributed by atoms with E-state index in [2.05, 4.69) is 15.4 Å². The van der Waals surface area contributed by atoms with Crippen molar-refractivity contribution in [3.63, 3.8) is 0 Å². The van der Waals surface area contributed by atoms with Crippen LogP contribution in [0.2, 0.25) is 5.02 Å². The highest BCUT2D eigenvalue weighted by molar-refractivity contribution is 8.13. The largest absolute Gasteiger partial charge is 0.386 e. The molecule has 1 saturated carbocycles. The number of nitrogens with one attached hydrogen (secondary N) is 1. The second kappa shape index (κ2) is 7.15. The molecular formula is C16H18Cl2N4O2S. The number of carbonyl (C=O) groups excluding carboxylic acids is 1. The van der Waals surface area contributed by atoms with Crippen LogP contribution in [0.4, 0.5) is 4.79 Å². The molecule has 134 valence electrons. The molecule has 1 aliphatic rings. The molecule has 0 aliphatic heterocycles. The molecule has 2 N–H and O–H groups in total. The number of hydrogen-bond donors (Lipinski definition) is 2. The molecule has 6 nitrogen and oxygen atoms in total. The van der Waals surface area contributed by atoms with Gasteiger partial charge in [0.25, 0.3) is 5.24 Å². The van der Waals surface area contributed by atoms with Gasteiger partial charge < -0.3 is 10.4 Å². The Hall–Kier alpha value is -1.28. The van der Waals surface area contributed by atoms with Gasteiger partial charge in [-0.1, -0.05) is 29.8 Å². The maximum Gasteiger partial charge on any atom is 0.286 e. The van der Waals surface area contributed by atoms with Crippen molar-refractivity contribution in [2.75, 3.05) is 7.05 Å². The highest BCUT2D eigenvalue weighted by Crippen LogP contribution is 2.53. The standard InChI is InChI=1S/C16H18Cl2N4O2S/c1-19-14(23)25-13-20-10-21-22(13)9-16(24,15(18)6-7-15)8-11-4-2-3-5-12(11)17/h2-5,10,24H,6-9H2,1H3,(H,19,23). The third-order valence-corrected chi connectivity index (χ3v) is 6.33. The Balaban J connectivity index is 1.87. The Labute approximate surface area is 159 Å². The molecule has 1 fully saturated rings. The number of aliphatic hydroxyl groups is 1. The lowest BCUT2D eigenvalue weighted by Gasteiger charge is -2.33. The first-order valence-electron chi connectivity index (χ1n) is 7.79. The molecule has 9 heteroatoms. The van der Waals surface area contributed by atoms with Crippen LogP contribution in [-0.2, 0) is 13.0 Å². The average Bonchev–Trinajstić information content (AvgIpc) is 3.21. The van der Waals surface area contributed by atoms with E-state index in [0.29, 0.717) is 29.4 Å². The van der Waals surface area contributed by atoms with Crippen LogP contribution in [0, 0.1) is 0 Å². The van der Waals surface area contributed by atoms with Gasteiger partial charge in [-0.15, -0.1) is 11.6 Å². The van der Waals surface area contributed by atoms with Gasteiger partial charge in [-0.05, 0) is 24.5 Å². The Kier molecular flexibility index (Phi) is 5.29. The van der Waals surface area contributed by atoms with Crippen LogP contribution in [0.1, 0.15) is 18.4 Å². The van der Waals surface area contributed by atoms with Crippen molar-refractivity contribution in [3.05, 3.63) is 41.2 Å². The normalized spacial score (nSPS) is 17.8. The third-order valence-electron chi connectivity index (χ3n) is 4.34. The summed E-state index contributed by atoms with van der Waals surface area (Å²) in [5, 5.41) is 18.8. The van der Waals surface area contributed by atoms with Crippen molar-refractivity contribution < 1.29 is 9.90 Å². The van der Waals surface area contributed by atoms with Gasteiger partial charge in [0.1, 0.15) is 11.9 Å². The van der Waals surface area contributed by atoms with Crippen LogP contribution < -0.4 is 5.32 Å². The second-order valence-electron chi connectivity index (χ2n) is 6.10. The number of benzene rings is 1. The number of alkyl halides is 1. The van der Waals surface area contributed by atoms with Crippen LogP contribution >= 0.6 is 35.0 Å². The fourth-order valence-corrected chi connectivity index (χ4v) is 3.72. The van der Waals surface area contributed by atoms with E-state index in [1.54, 1.807) is 13.1 Å².